The van der Waals surface area contributed by atoms with Crippen LogP contribution in [0.5, 0.6) is 0 Å². The molecule has 22 heavy (non-hydrogen) atoms. The van der Waals surface area contributed by atoms with Gasteiger partial charge in [-0.2, -0.15) is 5.10 Å². The smallest absolute Gasteiger partial charge is 0.120 e. The van der Waals surface area contributed by atoms with Crippen molar-refractivity contribution in [2.45, 2.75) is 19.4 Å². The minimum atomic E-state index is -0.975. The summed E-state index contributed by atoms with van der Waals surface area (Å²) in [7, 11) is 0. The molecule has 0 aliphatic rings. The second-order valence-corrected chi connectivity index (χ2v) is 6.55. The van der Waals surface area contributed by atoms with Crippen LogP contribution < -0.4 is 5.43 Å². The van der Waals surface area contributed by atoms with Crippen LogP contribution in [0.15, 0.2) is 53.6 Å². The van der Waals surface area contributed by atoms with Gasteiger partial charge >= 0.3 is 0 Å². The summed E-state index contributed by atoms with van der Waals surface area (Å²) in [5.41, 5.74) is 4.80. The van der Waals surface area contributed by atoms with Gasteiger partial charge in [-0.3, -0.25) is 5.43 Å². The summed E-state index contributed by atoms with van der Waals surface area (Å²) in [4.78, 5) is 0. The highest BCUT2D eigenvalue weighted by Crippen LogP contribution is 2.11. The highest BCUT2D eigenvalue weighted by Gasteiger charge is 2.05. The molecule has 0 aliphatic carbocycles. The van der Waals surface area contributed by atoms with E-state index in [-0.39, 0.29) is 0 Å². The third-order valence-corrected chi connectivity index (χ3v) is 3.39. The lowest BCUT2D eigenvalue weighted by molar-refractivity contribution is 0.143. The Balaban J connectivity index is 1.97. The summed E-state index contributed by atoms with van der Waals surface area (Å²) in [6.07, 6.45) is 1.76. The van der Waals surface area contributed by atoms with Crippen LogP contribution in [0.1, 0.15) is 25.0 Å². The molecule has 0 heterocycles. The minimum Gasteiger partial charge on any atom is -0.378 e. The first-order chi connectivity index (χ1) is 10.4. The molecule has 2 aromatic carbocycles. The molecule has 0 bridgehead atoms. The Bertz CT molecular complexity index is 702. The third-order valence-electron chi connectivity index (χ3n) is 2.67. The number of aliphatic hydroxyl groups is 1. The average Bonchev–Trinajstić information content (AvgIpc) is 2.48. The normalized spacial score (nSPS) is 11.1. The fraction of sp³-hybridized carbons (Fsp3) is 0.167. The minimum absolute atomic E-state index is 0.866. The van der Waals surface area contributed by atoms with Crippen LogP contribution in [0.4, 0.5) is 5.69 Å². The Morgan fingerprint density at radius 3 is 2.32 bits per heavy atom. The number of hydrogen-bond donors (Lipinski definition) is 2. The van der Waals surface area contributed by atoms with E-state index in [2.05, 4.69) is 45.0 Å². The molecule has 2 aromatic rings. The van der Waals surface area contributed by atoms with Crippen molar-refractivity contribution in [1.82, 2.24) is 0 Å². The Morgan fingerprint density at radius 2 is 1.73 bits per heavy atom. The van der Waals surface area contributed by atoms with E-state index in [0.717, 1.165) is 16.8 Å². The number of anilines is 1. The molecule has 0 amide bonds. The van der Waals surface area contributed by atoms with Crippen LogP contribution >= 0.6 is 22.6 Å². The van der Waals surface area contributed by atoms with Crippen LogP contribution in [-0.4, -0.2) is 16.9 Å². The van der Waals surface area contributed by atoms with Gasteiger partial charge in [-0.1, -0.05) is 24.0 Å². The van der Waals surface area contributed by atoms with Crippen molar-refractivity contribution in [1.29, 1.82) is 0 Å². The fourth-order valence-electron chi connectivity index (χ4n) is 1.58. The number of hydrogen-bond acceptors (Lipinski definition) is 3. The van der Waals surface area contributed by atoms with E-state index in [9.17, 15) is 5.11 Å². The van der Waals surface area contributed by atoms with E-state index in [0.29, 0.717) is 0 Å². The van der Waals surface area contributed by atoms with Crippen LogP contribution in [0.25, 0.3) is 0 Å². The number of hydrazone groups is 1. The average molecular weight is 404 g/mol. The Labute approximate surface area is 144 Å². The lowest BCUT2D eigenvalue weighted by atomic mass is 10.1. The van der Waals surface area contributed by atoms with Crippen molar-refractivity contribution < 1.29 is 5.11 Å². The van der Waals surface area contributed by atoms with Crippen molar-refractivity contribution in [2.24, 2.45) is 5.10 Å². The maximum Gasteiger partial charge on any atom is 0.120 e. The lowest BCUT2D eigenvalue weighted by Gasteiger charge is -2.05. The molecule has 0 spiro atoms. The summed E-state index contributed by atoms with van der Waals surface area (Å²) in [5.74, 6) is 5.72. The molecule has 0 aliphatic heterocycles. The summed E-state index contributed by atoms with van der Waals surface area (Å²) in [5, 5.41) is 13.8. The molecule has 0 aromatic heterocycles. The van der Waals surface area contributed by atoms with E-state index in [1.54, 1.807) is 20.1 Å². The van der Waals surface area contributed by atoms with Gasteiger partial charge in [0.2, 0.25) is 0 Å². The first-order valence-electron chi connectivity index (χ1n) is 6.83. The maximum atomic E-state index is 9.57. The van der Waals surface area contributed by atoms with Gasteiger partial charge in [0.15, 0.2) is 0 Å². The monoisotopic (exact) mass is 404 g/mol. The summed E-state index contributed by atoms with van der Waals surface area (Å²) < 4.78 is 1.19. The quantitative estimate of drug-likeness (QED) is 0.353. The number of benzene rings is 2. The number of nitrogens with one attached hydrogen (secondary N) is 1. The van der Waals surface area contributed by atoms with Crippen molar-refractivity contribution in [3.8, 4) is 11.8 Å². The molecule has 4 heteroatoms. The van der Waals surface area contributed by atoms with Gasteiger partial charge < -0.3 is 5.11 Å². The lowest BCUT2D eigenvalue weighted by Crippen LogP contribution is -2.14. The molecular weight excluding hydrogens is 387 g/mol. The Hall–Kier alpha value is -1.84. The van der Waals surface area contributed by atoms with Gasteiger partial charge in [0.25, 0.3) is 0 Å². The van der Waals surface area contributed by atoms with E-state index in [1.807, 2.05) is 48.5 Å². The molecule has 0 unspecified atom stereocenters. The summed E-state index contributed by atoms with van der Waals surface area (Å²) >= 11 is 2.27. The van der Waals surface area contributed by atoms with Crippen molar-refractivity contribution >= 4 is 34.5 Å². The molecule has 3 nitrogen and oxygen atoms in total. The molecule has 0 saturated carbocycles. The standard InChI is InChI=1S/C18H17IN2O/c1-18(2,22)12-11-14-3-5-15(6-4-14)13-20-21-17-9-7-16(19)8-10-17/h3-10,13,21-22H,1-2H3/b20-13-. The molecule has 2 rings (SSSR count). The third kappa shape index (κ3) is 5.88. The van der Waals surface area contributed by atoms with Gasteiger partial charge in [-0.15, -0.1) is 0 Å². The topological polar surface area (TPSA) is 44.6 Å². The van der Waals surface area contributed by atoms with Gasteiger partial charge in [-0.25, -0.2) is 0 Å². The van der Waals surface area contributed by atoms with Gasteiger partial charge in [0.1, 0.15) is 5.60 Å². The molecule has 112 valence electrons. The van der Waals surface area contributed by atoms with Crippen LogP contribution in [0.2, 0.25) is 0 Å². The van der Waals surface area contributed by atoms with E-state index in [1.165, 1.54) is 3.57 Å². The van der Waals surface area contributed by atoms with Crippen LogP contribution in [-0.2, 0) is 0 Å². The highest BCUT2D eigenvalue weighted by molar-refractivity contribution is 14.1. The van der Waals surface area contributed by atoms with Gasteiger partial charge in [-0.05, 0) is 78.4 Å². The van der Waals surface area contributed by atoms with Crippen molar-refractivity contribution in [3.05, 3.63) is 63.2 Å². The second kappa shape index (κ2) is 7.43. The zero-order chi connectivity index (χ0) is 16.0. The predicted octanol–water partition coefficient (Wildman–Crippen LogP) is 3.86. The Kier molecular flexibility index (Phi) is 5.58. The molecule has 0 saturated heterocycles. The molecule has 0 atom stereocenters. The van der Waals surface area contributed by atoms with E-state index in [4.69, 9.17) is 0 Å². The fourth-order valence-corrected chi connectivity index (χ4v) is 1.94. The summed E-state index contributed by atoms with van der Waals surface area (Å²) in [6.45, 7) is 3.33. The van der Waals surface area contributed by atoms with Gasteiger partial charge in [0.05, 0.1) is 11.9 Å². The highest BCUT2D eigenvalue weighted by atomic mass is 127. The Morgan fingerprint density at radius 1 is 1.09 bits per heavy atom. The number of halogens is 1. The van der Waals surface area contributed by atoms with Crippen LogP contribution in [0.3, 0.4) is 0 Å². The molecule has 0 fully saturated rings. The summed E-state index contributed by atoms with van der Waals surface area (Å²) in [6, 6.07) is 15.7. The first-order valence-corrected chi connectivity index (χ1v) is 7.90. The van der Waals surface area contributed by atoms with E-state index >= 15 is 0 Å². The SMILES string of the molecule is CC(C)(O)C#Cc1ccc(/C=N\Nc2ccc(I)cc2)cc1. The maximum absolute atomic E-state index is 9.57. The van der Waals surface area contributed by atoms with Crippen molar-refractivity contribution in [3.63, 3.8) is 0 Å². The number of nitrogens with zero attached hydrogens (tertiary/aromatic N) is 1. The zero-order valence-electron chi connectivity index (χ0n) is 12.5. The zero-order valence-corrected chi connectivity index (χ0v) is 14.6. The second-order valence-electron chi connectivity index (χ2n) is 5.31. The van der Waals surface area contributed by atoms with Crippen molar-refractivity contribution in [2.75, 3.05) is 5.43 Å². The van der Waals surface area contributed by atoms with Gasteiger partial charge in [0, 0.05) is 9.13 Å². The van der Waals surface area contributed by atoms with Crippen LogP contribution in [0, 0.1) is 15.4 Å². The molecular formula is C18H17IN2O. The first kappa shape index (κ1) is 16.5. The number of rotatable bonds is 3. The van der Waals surface area contributed by atoms with E-state index < -0.39 is 5.60 Å². The predicted molar refractivity (Wildman–Crippen MR) is 100.0 cm³/mol. The molecule has 2 N–H and O–H groups in total. The molecule has 0 radical (unpaired) electrons. The largest absolute Gasteiger partial charge is 0.378 e.